The largest absolute Gasteiger partial charge is 0.394 e. The van der Waals surface area contributed by atoms with E-state index in [0.29, 0.717) is 19.8 Å². The van der Waals surface area contributed by atoms with E-state index < -0.39 is 5.79 Å². The lowest BCUT2D eigenvalue weighted by Crippen LogP contribution is -2.43. The van der Waals surface area contributed by atoms with Gasteiger partial charge in [-0.05, 0) is 32.8 Å². The summed E-state index contributed by atoms with van der Waals surface area (Å²) in [5.74, 6) is -0.644. The van der Waals surface area contributed by atoms with Gasteiger partial charge in [0, 0.05) is 19.2 Å². The fourth-order valence-corrected chi connectivity index (χ4v) is 2.87. The van der Waals surface area contributed by atoms with Crippen LogP contribution >= 0.6 is 0 Å². The van der Waals surface area contributed by atoms with Crippen LogP contribution in [0.1, 0.15) is 26.3 Å². The predicted molar refractivity (Wildman–Crippen MR) is 89.3 cm³/mol. The predicted octanol–water partition coefficient (Wildman–Crippen LogP) is 1.74. The maximum absolute atomic E-state index is 9.45. The Morgan fingerprint density at radius 1 is 1.22 bits per heavy atom. The third-order valence-electron chi connectivity index (χ3n) is 3.92. The lowest BCUT2D eigenvalue weighted by atomic mass is 10.1. The summed E-state index contributed by atoms with van der Waals surface area (Å²) in [4.78, 5) is 0. The van der Waals surface area contributed by atoms with Crippen molar-refractivity contribution < 1.29 is 19.3 Å². The second kappa shape index (κ2) is 8.76. The molecule has 5 nitrogen and oxygen atoms in total. The topological polar surface area (TPSA) is 60.0 Å². The number of ether oxygens (including phenoxy) is 3. The van der Waals surface area contributed by atoms with Crippen LogP contribution < -0.4 is 5.32 Å². The van der Waals surface area contributed by atoms with Gasteiger partial charge in [0.1, 0.15) is 12.2 Å². The lowest BCUT2D eigenvalue weighted by Gasteiger charge is -2.22. The summed E-state index contributed by atoms with van der Waals surface area (Å²) in [7, 11) is 0. The summed E-state index contributed by atoms with van der Waals surface area (Å²) in [5.41, 5.74) is 1.27. The maximum atomic E-state index is 9.45. The van der Waals surface area contributed by atoms with Gasteiger partial charge in [-0.15, -0.1) is 0 Å². The summed E-state index contributed by atoms with van der Waals surface area (Å²) in [6, 6.07) is 10.6. The van der Waals surface area contributed by atoms with Gasteiger partial charge in [0.25, 0.3) is 0 Å². The number of rotatable bonds is 9. The highest BCUT2D eigenvalue weighted by Gasteiger charge is 2.40. The minimum absolute atomic E-state index is 0.0371. The maximum Gasteiger partial charge on any atom is 0.163 e. The first kappa shape index (κ1) is 18.4. The molecule has 0 radical (unpaired) electrons. The molecule has 1 aromatic carbocycles. The van der Waals surface area contributed by atoms with Crippen molar-refractivity contribution in [2.45, 2.75) is 51.2 Å². The summed E-state index contributed by atoms with van der Waals surface area (Å²) < 4.78 is 17.2. The average Bonchev–Trinajstić information content (AvgIpc) is 2.85. The molecule has 2 rings (SSSR count). The van der Waals surface area contributed by atoms with Gasteiger partial charge >= 0.3 is 0 Å². The van der Waals surface area contributed by atoms with Crippen molar-refractivity contribution in [1.29, 1.82) is 0 Å². The molecule has 0 spiro atoms. The minimum atomic E-state index is -0.644. The van der Waals surface area contributed by atoms with Gasteiger partial charge in [-0.25, -0.2) is 0 Å². The Kier molecular flexibility index (Phi) is 6.99. The first-order valence-electron chi connectivity index (χ1n) is 8.35. The number of aliphatic hydroxyl groups excluding tert-OH is 1. The molecule has 1 saturated heterocycles. The minimum Gasteiger partial charge on any atom is -0.394 e. The molecule has 1 aliphatic rings. The van der Waals surface area contributed by atoms with Crippen LogP contribution in [0.5, 0.6) is 0 Å². The van der Waals surface area contributed by atoms with Crippen molar-refractivity contribution in [3.05, 3.63) is 35.9 Å². The van der Waals surface area contributed by atoms with E-state index in [4.69, 9.17) is 14.2 Å². The number of hydrogen-bond acceptors (Lipinski definition) is 5. The zero-order valence-corrected chi connectivity index (χ0v) is 14.3. The number of benzene rings is 1. The second-order valence-electron chi connectivity index (χ2n) is 6.35. The highest BCUT2D eigenvalue weighted by molar-refractivity contribution is 5.15. The lowest BCUT2D eigenvalue weighted by molar-refractivity contribution is -0.148. The molecule has 23 heavy (non-hydrogen) atoms. The van der Waals surface area contributed by atoms with E-state index in [2.05, 4.69) is 17.4 Å². The van der Waals surface area contributed by atoms with E-state index in [1.54, 1.807) is 0 Å². The van der Waals surface area contributed by atoms with Gasteiger partial charge in [0.15, 0.2) is 5.79 Å². The molecule has 0 saturated carbocycles. The monoisotopic (exact) mass is 323 g/mol. The number of nitrogens with one attached hydrogen (secondary N) is 1. The highest BCUT2D eigenvalue weighted by atomic mass is 16.8. The third kappa shape index (κ3) is 5.86. The molecule has 1 aromatic rings. The van der Waals surface area contributed by atoms with Crippen LogP contribution in [0.25, 0.3) is 0 Å². The van der Waals surface area contributed by atoms with Crippen molar-refractivity contribution in [2.24, 2.45) is 0 Å². The van der Waals surface area contributed by atoms with Gasteiger partial charge in [-0.2, -0.15) is 0 Å². The summed E-state index contributed by atoms with van der Waals surface area (Å²) in [6.45, 7) is 7.67. The quantitative estimate of drug-likeness (QED) is 0.725. The van der Waals surface area contributed by atoms with Crippen LogP contribution in [-0.2, 0) is 20.6 Å². The Morgan fingerprint density at radius 2 is 1.91 bits per heavy atom. The molecule has 0 amide bonds. The van der Waals surface area contributed by atoms with Crippen molar-refractivity contribution in [1.82, 2.24) is 5.32 Å². The SMILES string of the molecule is CCOC[C@H](Cc1ccccc1)NC[C@H]1OC(C)(C)O[C@H]1CO. The zero-order valence-electron chi connectivity index (χ0n) is 14.3. The van der Waals surface area contributed by atoms with E-state index in [1.807, 2.05) is 39.0 Å². The Bertz CT molecular complexity index is 452. The summed E-state index contributed by atoms with van der Waals surface area (Å²) in [5, 5.41) is 13.0. The Balaban J connectivity index is 1.90. The molecule has 3 atom stereocenters. The Labute approximate surface area is 138 Å². The summed E-state index contributed by atoms with van der Waals surface area (Å²) >= 11 is 0. The molecule has 130 valence electrons. The number of aliphatic hydroxyl groups is 1. The molecule has 5 heteroatoms. The molecule has 0 bridgehead atoms. The normalized spacial score (nSPS) is 24.7. The fraction of sp³-hybridized carbons (Fsp3) is 0.667. The molecule has 1 heterocycles. The van der Waals surface area contributed by atoms with Crippen molar-refractivity contribution in [3.8, 4) is 0 Å². The van der Waals surface area contributed by atoms with E-state index in [0.717, 1.165) is 6.42 Å². The second-order valence-corrected chi connectivity index (χ2v) is 6.35. The molecule has 1 fully saturated rings. The van der Waals surface area contributed by atoms with E-state index >= 15 is 0 Å². The average molecular weight is 323 g/mol. The van der Waals surface area contributed by atoms with Gasteiger partial charge in [0.05, 0.1) is 13.2 Å². The van der Waals surface area contributed by atoms with Gasteiger partial charge in [0.2, 0.25) is 0 Å². The fourth-order valence-electron chi connectivity index (χ4n) is 2.87. The standard InChI is InChI=1S/C18H29NO4/c1-4-21-13-15(10-14-8-6-5-7-9-14)19-11-16-17(12-20)23-18(2,3)22-16/h5-9,15-17,19-20H,4,10-13H2,1-3H3/t15-,16+,17-/m0/s1. The molecule has 0 aliphatic carbocycles. The van der Waals surface area contributed by atoms with Crippen LogP contribution in [0, 0.1) is 0 Å². The Morgan fingerprint density at radius 3 is 2.57 bits per heavy atom. The molecule has 1 aliphatic heterocycles. The first-order valence-corrected chi connectivity index (χ1v) is 8.35. The highest BCUT2D eigenvalue weighted by Crippen LogP contribution is 2.27. The summed E-state index contributed by atoms with van der Waals surface area (Å²) in [6.07, 6.45) is 0.443. The van der Waals surface area contributed by atoms with Gasteiger partial charge < -0.3 is 24.6 Å². The van der Waals surface area contributed by atoms with E-state index in [1.165, 1.54) is 5.56 Å². The zero-order chi connectivity index (χ0) is 16.7. The van der Waals surface area contributed by atoms with Gasteiger partial charge in [-0.3, -0.25) is 0 Å². The molecule has 2 N–H and O–H groups in total. The molecule has 0 unspecified atom stereocenters. The van der Waals surface area contributed by atoms with Crippen molar-refractivity contribution >= 4 is 0 Å². The smallest absolute Gasteiger partial charge is 0.163 e. The van der Waals surface area contributed by atoms with Gasteiger partial charge in [-0.1, -0.05) is 30.3 Å². The molecular formula is C18H29NO4. The van der Waals surface area contributed by atoms with E-state index in [9.17, 15) is 5.11 Å². The Hall–Kier alpha value is -0.980. The first-order chi connectivity index (χ1) is 11.0. The van der Waals surface area contributed by atoms with Crippen LogP contribution in [-0.4, -0.2) is 55.5 Å². The van der Waals surface area contributed by atoms with Crippen LogP contribution in [0.2, 0.25) is 0 Å². The van der Waals surface area contributed by atoms with Crippen LogP contribution in [0.15, 0.2) is 30.3 Å². The van der Waals surface area contributed by atoms with E-state index in [-0.39, 0.29) is 24.9 Å². The van der Waals surface area contributed by atoms with Crippen molar-refractivity contribution in [2.75, 3.05) is 26.4 Å². The molecular weight excluding hydrogens is 294 g/mol. The molecule has 0 aromatic heterocycles. The number of hydrogen-bond donors (Lipinski definition) is 2. The van der Waals surface area contributed by atoms with Crippen LogP contribution in [0.3, 0.4) is 0 Å². The third-order valence-corrected chi connectivity index (χ3v) is 3.92. The van der Waals surface area contributed by atoms with Crippen molar-refractivity contribution in [3.63, 3.8) is 0 Å². The van der Waals surface area contributed by atoms with Crippen LogP contribution in [0.4, 0.5) is 0 Å².